The van der Waals surface area contributed by atoms with E-state index in [0.29, 0.717) is 27.8 Å². The second-order valence-electron chi connectivity index (χ2n) is 10.3. The van der Waals surface area contributed by atoms with E-state index in [1.54, 1.807) is 41.3 Å². The van der Waals surface area contributed by atoms with Crippen molar-refractivity contribution in [2.45, 2.75) is 25.6 Å². The number of nitrogens with zero attached hydrogens (tertiary/aromatic N) is 2. The number of carbonyl (C=O) groups is 2. The summed E-state index contributed by atoms with van der Waals surface area (Å²) in [6.07, 6.45) is 0. The number of benzene rings is 4. The molecule has 40 heavy (non-hydrogen) atoms. The zero-order valence-corrected chi connectivity index (χ0v) is 21.6. The number of hydrogen-bond acceptors (Lipinski definition) is 4. The topological polar surface area (TPSA) is 70.8 Å². The van der Waals surface area contributed by atoms with Gasteiger partial charge in [0.2, 0.25) is 5.76 Å². The van der Waals surface area contributed by atoms with Crippen molar-refractivity contribution in [3.8, 4) is 0 Å². The first-order chi connectivity index (χ1) is 19.4. The molecular formula is C33H23FN2O4. The van der Waals surface area contributed by atoms with Crippen LogP contribution in [0, 0.1) is 12.7 Å². The molecular weight excluding hydrogens is 507 g/mol. The maximum Gasteiger partial charge on any atom is 0.291 e. The molecule has 4 aromatic carbocycles. The highest BCUT2D eigenvalue weighted by Crippen LogP contribution is 2.53. The molecule has 6 nitrogen and oxygen atoms in total. The molecule has 0 saturated heterocycles. The minimum absolute atomic E-state index is 0.0330. The van der Waals surface area contributed by atoms with E-state index in [9.17, 15) is 18.8 Å². The number of carbonyl (C=O) groups excluding carboxylic acids is 2. The fraction of sp³-hybridized carbons (Fsp3) is 0.121. The van der Waals surface area contributed by atoms with Crippen LogP contribution in [0.15, 0.2) is 106 Å². The number of amides is 2. The highest BCUT2D eigenvalue weighted by atomic mass is 19.1. The SMILES string of the molecule is Cc1ccc2oc3c(c(=O)c2c1)C1(C(=O)N(Cc2ccc(F)cc2)c2ccccc21)N(Cc1ccccc1)C3=O. The fourth-order valence-electron chi connectivity index (χ4n) is 6.02. The molecule has 1 atom stereocenters. The van der Waals surface area contributed by atoms with Crippen LogP contribution in [-0.2, 0) is 23.4 Å². The first kappa shape index (κ1) is 24.0. The van der Waals surface area contributed by atoms with E-state index in [-0.39, 0.29) is 30.2 Å². The van der Waals surface area contributed by atoms with Crippen LogP contribution in [0.2, 0.25) is 0 Å². The van der Waals surface area contributed by atoms with E-state index < -0.39 is 22.8 Å². The van der Waals surface area contributed by atoms with Gasteiger partial charge < -0.3 is 14.2 Å². The van der Waals surface area contributed by atoms with Gasteiger partial charge in [0.25, 0.3) is 11.8 Å². The lowest BCUT2D eigenvalue weighted by molar-refractivity contribution is -0.126. The lowest BCUT2D eigenvalue weighted by Gasteiger charge is -2.34. The first-order valence-electron chi connectivity index (χ1n) is 13.0. The molecule has 2 aliphatic rings. The van der Waals surface area contributed by atoms with Crippen LogP contribution in [0.3, 0.4) is 0 Å². The predicted octanol–water partition coefficient (Wildman–Crippen LogP) is 5.69. The summed E-state index contributed by atoms with van der Waals surface area (Å²) in [6.45, 7) is 2.09. The van der Waals surface area contributed by atoms with E-state index >= 15 is 0 Å². The maximum atomic E-state index is 14.8. The summed E-state index contributed by atoms with van der Waals surface area (Å²) in [6, 6.07) is 27.7. The minimum Gasteiger partial charge on any atom is -0.450 e. The molecule has 1 aromatic heterocycles. The Hall–Kier alpha value is -5.04. The first-order valence-corrected chi connectivity index (χ1v) is 13.0. The number of para-hydroxylation sites is 1. The van der Waals surface area contributed by atoms with Gasteiger partial charge in [0.05, 0.1) is 23.2 Å². The summed E-state index contributed by atoms with van der Waals surface area (Å²) in [4.78, 5) is 46.3. The number of hydrogen-bond donors (Lipinski definition) is 0. The number of halogens is 1. The Balaban J connectivity index is 1.51. The van der Waals surface area contributed by atoms with Crippen molar-refractivity contribution in [3.63, 3.8) is 0 Å². The zero-order valence-electron chi connectivity index (χ0n) is 21.6. The van der Waals surface area contributed by atoms with Crippen molar-refractivity contribution in [1.29, 1.82) is 0 Å². The third-order valence-corrected chi connectivity index (χ3v) is 7.83. The fourth-order valence-corrected chi connectivity index (χ4v) is 6.02. The van der Waals surface area contributed by atoms with Gasteiger partial charge in [0.1, 0.15) is 11.4 Å². The maximum absolute atomic E-state index is 14.8. The number of aryl methyl sites for hydroxylation is 1. The molecule has 5 aromatic rings. The summed E-state index contributed by atoms with van der Waals surface area (Å²) in [7, 11) is 0. The molecule has 1 spiro atoms. The van der Waals surface area contributed by atoms with E-state index in [0.717, 1.165) is 11.1 Å². The molecule has 2 aliphatic heterocycles. The average Bonchev–Trinajstić information content (AvgIpc) is 3.35. The molecule has 196 valence electrons. The Bertz CT molecular complexity index is 1900. The Labute approximate surface area is 228 Å². The molecule has 0 bridgehead atoms. The van der Waals surface area contributed by atoms with Gasteiger partial charge >= 0.3 is 0 Å². The molecule has 1 unspecified atom stereocenters. The smallest absolute Gasteiger partial charge is 0.291 e. The van der Waals surface area contributed by atoms with Crippen LogP contribution < -0.4 is 10.3 Å². The Kier molecular flexibility index (Phi) is 5.25. The van der Waals surface area contributed by atoms with Crippen molar-refractivity contribution >= 4 is 28.5 Å². The number of rotatable bonds is 4. The van der Waals surface area contributed by atoms with Crippen molar-refractivity contribution in [3.05, 3.63) is 147 Å². The van der Waals surface area contributed by atoms with Gasteiger partial charge in [0, 0.05) is 12.1 Å². The molecule has 7 rings (SSSR count). The van der Waals surface area contributed by atoms with Gasteiger partial charge in [-0.2, -0.15) is 0 Å². The Morgan fingerprint density at radius 1 is 0.800 bits per heavy atom. The molecule has 0 N–H and O–H groups in total. The van der Waals surface area contributed by atoms with Gasteiger partial charge in [0.15, 0.2) is 11.0 Å². The molecule has 0 fully saturated rings. The highest BCUT2D eigenvalue weighted by molar-refractivity contribution is 6.17. The lowest BCUT2D eigenvalue weighted by Crippen LogP contribution is -2.52. The normalized spacial score (nSPS) is 17.6. The van der Waals surface area contributed by atoms with Crippen molar-refractivity contribution < 1.29 is 18.4 Å². The second kappa shape index (κ2) is 8.74. The van der Waals surface area contributed by atoms with Crippen molar-refractivity contribution in [2.75, 3.05) is 4.90 Å². The van der Waals surface area contributed by atoms with E-state index in [1.807, 2.05) is 55.5 Å². The third kappa shape index (κ3) is 3.30. The quantitative estimate of drug-likeness (QED) is 0.300. The number of anilines is 1. The van der Waals surface area contributed by atoms with Gasteiger partial charge in [-0.05, 0) is 48.4 Å². The van der Waals surface area contributed by atoms with Crippen molar-refractivity contribution in [1.82, 2.24) is 4.90 Å². The summed E-state index contributed by atoms with van der Waals surface area (Å²) in [5.41, 5.74) is 1.68. The van der Waals surface area contributed by atoms with E-state index in [4.69, 9.17) is 4.42 Å². The van der Waals surface area contributed by atoms with Crippen LogP contribution in [-0.4, -0.2) is 16.7 Å². The van der Waals surface area contributed by atoms with Crippen LogP contribution in [0.25, 0.3) is 11.0 Å². The Morgan fingerprint density at radius 2 is 1.50 bits per heavy atom. The van der Waals surface area contributed by atoms with E-state index in [2.05, 4.69) is 0 Å². The Morgan fingerprint density at radius 3 is 2.27 bits per heavy atom. The summed E-state index contributed by atoms with van der Waals surface area (Å²) >= 11 is 0. The third-order valence-electron chi connectivity index (χ3n) is 7.83. The molecule has 0 radical (unpaired) electrons. The van der Waals surface area contributed by atoms with Gasteiger partial charge in [-0.15, -0.1) is 0 Å². The predicted molar refractivity (Wildman–Crippen MR) is 148 cm³/mol. The van der Waals surface area contributed by atoms with Gasteiger partial charge in [-0.1, -0.05) is 72.3 Å². The summed E-state index contributed by atoms with van der Waals surface area (Å²) < 4.78 is 19.8. The molecule has 0 aliphatic carbocycles. The van der Waals surface area contributed by atoms with Crippen LogP contribution in [0.1, 0.15) is 38.4 Å². The number of fused-ring (bicyclic) bond motifs is 5. The minimum atomic E-state index is -1.72. The summed E-state index contributed by atoms with van der Waals surface area (Å²) in [5, 5.41) is 0.315. The van der Waals surface area contributed by atoms with E-state index in [1.165, 1.54) is 17.0 Å². The molecule has 0 saturated carbocycles. The lowest BCUT2D eigenvalue weighted by atomic mass is 9.83. The molecule has 7 heteroatoms. The zero-order chi connectivity index (χ0) is 27.6. The average molecular weight is 531 g/mol. The van der Waals surface area contributed by atoms with Gasteiger partial charge in [-0.3, -0.25) is 14.4 Å². The van der Waals surface area contributed by atoms with Crippen LogP contribution in [0.5, 0.6) is 0 Å². The molecule has 3 heterocycles. The van der Waals surface area contributed by atoms with Crippen LogP contribution >= 0.6 is 0 Å². The highest BCUT2D eigenvalue weighted by Gasteiger charge is 2.64. The van der Waals surface area contributed by atoms with Gasteiger partial charge in [-0.25, -0.2) is 4.39 Å². The molecule has 2 amide bonds. The monoisotopic (exact) mass is 530 g/mol. The summed E-state index contributed by atoms with van der Waals surface area (Å²) in [5.74, 6) is -1.45. The second-order valence-corrected chi connectivity index (χ2v) is 10.3. The largest absolute Gasteiger partial charge is 0.450 e. The standard InChI is InChI=1S/C33H23FN2O4/c1-20-11-16-27-24(17-20)29(37)28-30(40-27)31(38)36(19-21-7-3-2-4-8-21)33(28)25-9-5-6-10-26(25)35(32(33)39)18-22-12-14-23(34)15-13-22/h2-17H,18-19H2,1H3. The van der Waals surface area contributed by atoms with Crippen LogP contribution in [0.4, 0.5) is 10.1 Å². The van der Waals surface area contributed by atoms with Crippen molar-refractivity contribution in [2.24, 2.45) is 0 Å².